The Morgan fingerprint density at radius 1 is 0.568 bits per heavy atom. The summed E-state index contributed by atoms with van der Waals surface area (Å²) < 4.78 is 29.7. The average molecular weight is 997 g/mol. The van der Waals surface area contributed by atoms with E-state index in [0.29, 0.717) is 37.4 Å². The summed E-state index contributed by atoms with van der Waals surface area (Å²) in [4.78, 5) is 34.2. The molecule has 0 saturated heterocycles. The molecule has 14 heteroatoms. The Morgan fingerprint density at radius 2 is 0.986 bits per heavy atom. The molecular weight excluding hydrogens is 929 g/mol. The number of anilines is 2. The first-order valence-electron chi connectivity index (χ1n) is 26.5. The lowest BCUT2D eigenvalue weighted by molar-refractivity contribution is 0.0592. The number of benzene rings is 4. The van der Waals surface area contributed by atoms with Gasteiger partial charge in [-0.05, 0) is 160 Å². The van der Waals surface area contributed by atoms with E-state index < -0.39 is 0 Å². The molecule has 0 amide bonds. The van der Waals surface area contributed by atoms with Crippen molar-refractivity contribution < 1.29 is 28.5 Å². The van der Waals surface area contributed by atoms with Gasteiger partial charge in [0.1, 0.15) is 11.6 Å². The number of rotatable bonds is 12. The Kier molecular flexibility index (Phi) is 13.4. The Morgan fingerprint density at radius 3 is 1.36 bits per heavy atom. The second-order valence-corrected chi connectivity index (χ2v) is 20.7. The van der Waals surface area contributed by atoms with E-state index in [1.54, 1.807) is 38.5 Å². The number of hydrogen-bond acceptors (Lipinski definition) is 10. The van der Waals surface area contributed by atoms with Gasteiger partial charge >= 0.3 is 11.9 Å². The first-order valence-corrected chi connectivity index (χ1v) is 26.5. The number of esters is 2. The van der Waals surface area contributed by atoms with Crippen LogP contribution in [0.3, 0.4) is 0 Å². The molecule has 14 nitrogen and oxygen atoms in total. The molecule has 6 heterocycles. The zero-order valence-corrected chi connectivity index (χ0v) is 43.6. The number of methoxy groups -OCH3 is 4. The zero-order chi connectivity index (χ0) is 51.1. The maximum atomic E-state index is 12.1. The van der Waals surface area contributed by atoms with Crippen molar-refractivity contribution >= 4 is 45.4 Å². The van der Waals surface area contributed by atoms with Crippen molar-refractivity contribution in [1.82, 2.24) is 28.2 Å². The minimum absolute atomic E-state index is 0.0353. The summed E-state index contributed by atoms with van der Waals surface area (Å²) in [5.41, 5.74) is 13.8. The van der Waals surface area contributed by atoms with Crippen LogP contribution in [0.15, 0.2) is 109 Å². The summed E-state index contributed by atoms with van der Waals surface area (Å²) in [5, 5.41) is 7.99. The predicted molar refractivity (Wildman–Crippen MR) is 291 cm³/mol. The summed E-state index contributed by atoms with van der Waals surface area (Å²) in [7, 11) is 6.20. The third kappa shape index (κ3) is 8.64. The largest absolute Gasteiger partial charge is 0.465 e. The average Bonchev–Trinajstić information content (AvgIpc) is 4.28. The molecule has 2 spiro atoms. The number of carbonyl (C=O) groups excluding carboxylic acids is 2. The second-order valence-electron chi connectivity index (χ2n) is 20.7. The first kappa shape index (κ1) is 49.1. The topological polar surface area (TPSA) is 141 Å². The maximum Gasteiger partial charge on any atom is 0.337 e. The second kappa shape index (κ2) is 20.3. The van der Waals surface area contributed by atoms with Gasteiger partial charge in [0.2, 0.25) is 0 Å². The highest BCUT2D eigenvalue weighted by molar-refractivity contribution is 5.95. The Balaban J connectivity index is 0.000000159. The van der Waals surface area contributed by atoms with E-state index in [1.807, 2.05) is 12.1 Å². The lowest BCUT2D eigenvalue weighted by Gasteiger charge is -2.45. The molecule has 0 bridgehead atoms. The SMILES string of the molecule is CCC1CCC2(CC1)Nc1cc(-c3nc4cc(C(=O)OC)ccc4n3CCOC)ccc1-n1cccc12.CCC1CCC2(CC1)Nc1cc(-c3nc4cc(C(=O)OC)ccc4n3CCOC)ccc1-n1cccc12. The Labute approximate surface area is 433 Å². The quantitative estimate of drug-likeness (QED) is 0.114. The van der Waals surface area contributed by atoms with Gasteiger partial charge in [-0.3, -0.25) is 0 Å². The predicted octanol–water partition coefficient (Wildman–Crippen LogP) is 12.3. The van der Waals surface area contributed by atoms with E-state index in [9.17, 15) is 9.59 Å². The van der Waals surface area contributed by atoms with Gasteiger partial charge < -0.3 is 47.8 Å². The molecule has 0 atom stereocenters. The fraction of sp³-hybridized carbons (Fsp3) is 0.400. The van der Waals surface area contributed by atoms with Crippen LogP contribution in [0.1, 0.15) is 110 Å². The van der Waals surface area contributed by atoms with Crippen LogP contribution in [0.25, 0.3) is 56.2 Å². The van der Waals surface area contributed by atoms with Gasteiger partial charge in [-0.15, -0.1) is 0 Å². The maximum absolute atomic E-state index is 12.1. The van der Waals surface area contributed by atoms with E-state index in [-0.39, 0.29) is 23.0 Å². The van der Waals surface area contributed by atoms with Gasteiger partial charge in [0.05, 0.1) is 94.5 Å². The molecule has 2 aliphatic carbocycles. The number of nitrogens with one attached hydrogen (secondary N) is 2. The fourth-order valence-electron chi connectivity index (χ4n) is 12.5. The molecule has 4 aliphatic rings. The molecule has 2 aliphatic heterocycles. The highest BCUT2D eigenvalue weighted by Gasteiger charge is 2.43. The van der Waals surface area contributed by atoms with Crippen molar-refractivity contribution in [1.29, 1.82) is 0 Å². The highest BCUT2D eigenvalue weighted by Crippen LogP contribution is 2.50. The van der Waals surface area contributed by atoms with Crippen molar-refractivity contribution in [3.05, 3.63) is 132 Å². The molecule has 0 unspecified atom stereocenters. The smallest absolute Gasteiger partial charge is 0.337 e. The summed E-state index contributed by atoms with van der Waals surface area (Å²) in [6.45, 7) is 7.07. The molecule has 2 saturated carbocycles. The number of hydrogen-bond donors (Lipinski definition) is 2. The van der Waals surface area contributed by atoms with Crippen LogP contribution in [-0.2, 0) is 43.1 Å². The van der Waals surface area contributed by atoms with E-state index in [1.165, 1.54) is 75.5 Å². The van der Waals surface area contributed by atoms with Crippen LogP contribution in [0.5, 0.6) is 0 Å². The number of ether oxygens (including phenoxy) is 4. The molecule has 0 radical (unpaired) electrons. The van der Waals surface area contributed by atoms with Gasteiger partial charge in [0, 0.05) is 62.2 Å². The normalized spacial score (nSPS) is 20.5. The van der Waals surface area contributed by atoms with E-state index in [0.717, 1.165) is 93.7 Å². The van der Waals surface area contributed by atoms with Crippen molar-refractivity contribution in [2.45, 2.75) is 102 Å². The van der Waals surface area contributed by atoms with Gasteiger partial charge in [0.25, 0.3) is 0 Å². The van der Waals surface area contributed by atoms with Gasteiger partial charge in [0.15, 0.2) is 0 Å². The molecule has 2 N–H and O–H groups in total. The summed E-state index contributed by atoms with van der Waals surface area (Å²) >= 11 is 0. The van der Waals surface area contributed by atoms with Crippen LogP contribution in [-0.4, -0.2) is 81.8 Å². The third-order valence-corrected chi connectivity index (χ3v) is 16.7. The molecule has 74 heavy (non-hydrogen) atoms. The molecule has 4 aromatic carbocycles. The summed E-state index contributed by atoms with van der Waals surface area (Å²) in [5.74, 6) is 2.64. The zero-order valence-electron chi connectivity index (χ0n) is 43.6. The number of aromatic nitrogens is 6. The minimum atomic E-state index is -0.363. The first-order chi connectivity index (χ1) is 36.1. The lowest BCUT2D eigenvalue weighted by atomic mass is 9.73. The summed E-state index contributed by atoms with van der Waals surface area (Å²) in [6.07, 6.45) is 16.4. The molecule has 12 rings (SSSR count). The molecular formula is C60H68N8O6. The van der Waals surface area contributed by atoms with E-state index >= 15 is 0 Å². The van der Waals surface area contributed by atoms with Gasteiger partial charge in [-0.2, -0.15) is 0 Å². The summed E-state index contributed by atoms with van der Waals surface area (Å²) in [6, 6.07) is 33.1. The fourth-order valence-corrected chi connectivity index (χ4v) is 12.5. The number of imidazole rings is 2. The monoisotopic (exact) mass is 997 g/mol. The molecule has 8 aromatic rings. The van der Waals surface area contributed by atoms with Crippen molar-refractivity contribution in [3.8, 4) is 34.2 Å². The van der Waals surface area contributed by atoms with Crippen LogP contribution in [0.4, 0.5) is 11.4 Å². The van der Waals surface area contributed by atoms with E-state index in [2.05, 4.69) is 116 Å². The van der Waals surface area contributed by atoms with Crippen LogP contribution in [0.2, 0.25) is 0 Å². The minimum Gasteiger partial charge on any atom is -0.465 e. The van der Waals surface area contributed by atoms with E-state index in [4.69, 9.17) is 28.9 Å². The number of nitrogens with zero attached hydrogens (tertiary/aromatic N) is 6. The molecule has 384 valence electrons. The standard InChI is InChI=1S/2C30H34N4O3/c2*1-4-20-11-13-30(14-12-20)27-6-5-15-33(27)26-9-7-21(18-24(26)32-30)28-31-23-19-22(29(35)37-3)8-10-25(23)34(28)16-17-36-2/h2*5-10,15,18-20,32H,4,11-14,16-17H2,1-3H3. The van der Waals surface area contributed by atoms with Gasteiger partial charge in [-0.25, -0.2) is 19.6 Å². The lowest BCUT2D eigenvalue weighted by Crippen LogP contribution is -2.43. The van der Waals surface area contributed by atoms with Crippen LogP contribution >= 0.6 is 0 Å². The van der Waals surface area contributed by atoms with Gasteiger partial charge in [-0.1, -0.05) is 26.7 Å². The van der Waals surface area contributed by atoms with Crippen molar-refractivity contribution in [2.24, 2.45) is 11.8 Å². The van der Waals surface area contributed by atoms with Crippen LogP contribution < -0.4 is 10.6 Å². The molecule has 4 aromatic heterocycles. The number of fused-ring (bicyclic) bond motifs is 10. The van der Waals surface area contributed by atoms with Crippen molar-refractivity contribution in [3.63, 3.8) is 0 Å². The highest BCUT2D eigenvalue weighted by atomic mass is 16.5. The third-order valence-electron chi connectivity index (χ3n) is 16.7. The van der Waals surface area contributed by atoms with Crippen LogP contribution in [0, 0.1) is 11.8 Å². The molecule has 2 fully saturated rings. The van der Waals surface area contributed by atoms with Crippen molar-refractivity contribution in [2.75, 3.05) is 52.3 Å². The number of carbonyl (C=O) groups is 2. The Hall–Kier alpha value is -7.16. The Bertz CT molecular complexity index is 3140.